The maximum atomic E-state index is 13.3. The maximum absolute atomic E-state index is 13.3. The van der Waals surface area contributed by atoms with Crippen molar-refractivity contribution < 1.29 is 9.60 Å². The molecule has 0 saturated carbocycles. The first-order valence-electron chi connectivity index (χ1n) is 8.78. The van der Waals surface area contributed by atoms with Crippen LogP contribution in [0.5, 0.6) is 0 Å². The molecule has 2 N–H and O–H groups in total. The summed E-state index contributed by atoms with van der Waals surface area (Å²) in [6.45, 7) is 0. The molecule has 3 aromatic heterocycles. The van der Waals surface area contributed by atoms with Gasteiger partial charge in [0, 0.05) is 35.4 Å². The summed E-state index contributed by atoms with van der Waals surface area (Å²) in [5, 5.41) is 15.9. The zero-order chi connectivity index (χ0) is 19.1. The van der Waals surface area contributed by atoms with Crippen LogP contribution >= 0.6 is 0 Å². The molecule has 138 valence electrons. The van der Waals surface area contributed by atoms with Crippen LogP contribution in [0.15, 0.2) is 60.3 Å². The van der Waals surface area contributed by atoms with Gasteiger partial charge < -0.3 is 10.5 Å². The minimum absolute atomic E-state index is 0.538. The minimum Gasteiger partial charge on any atom is -0.411 e. The number of halogens is 1. The highest BCUT2D eigenvalue weighted by atomic mass is 19.1. The highest BCUT2D eigenvalue weighted by Gasteiger charge is 2.20. The first-order chi connectivity index (χ1) is 13.7. The summed E-state index contributed by atoms with van der Waals surface area (Å²) in [6.07, 6.45) is 8.17. The van der Waals surface area contributed by atoms with E-state index in [1.54, 1.807) is 18.5 Å². The number of aryl methyl sites for hydroxylation is 1. The van der Waals surface area contributed by atoms with Crippen LogP contribution in [0.25, 0.3) is 16.9 Å². The van der Waals surface area contributed by atoms with Crippen molar-refractivity contribution >= 4 is 22.9 Å². The number of imidazole rings is 1. The lowest BCUT2D eigenvalue weighted by Gasteiger charge is -2.10. The van der Waals surface area contributed by atoms with E-state index in [1.165, 1.54) is 12.3 Å². The first-order valence-corrected chi connectivity index (χ1v) is 8.78. The molecule has 0 atom stereocenters. The van der Waals surface area contributed by atoms with Gasteiger partial charge in [0.05, 0.1) is 11.9 Å². The largest absolute Gasteiger partial charge is 0.411 e. The summed E-state index contributed by atoms with van der Waals surface area (Å²) in [7, 11) is 0. The maximum Gasteiger partial charge on any atom is 0.212 e. The van der Waals surface area contributed by atoms with Gasteiger partial charge in [-0.1, -0.05) is 11.2 Å². The molecule has 0 spiro atoms. The third-order valence-electron chi connectivity index (χ3n) is 4.86. The van der Waals surface area contributed by atoms with Crippen molar-refractivity contribution in [2.75, 3.05) is 5.32 Å². The Labute approximate surface area is 159 Å². The Hall–Kier alpha value is -3.81. The van der Waals surface area contributed by atoms with Crippen molar-refractivity contribution in [2.45, 2.75) is 12.8 Å². The van der Waals surface area contributed by atoms with Crippen LogP contribution in [-0.2, 0) is 6.42 Å². The number of hydrogen-bond acceptors (Lipinski definition) is 6. The molecule has 1 aliphatic rings. The van der Waals surface area contributed by atoms with Gasteiger partial charge in [-0.2, -0.15) is 4.39 Å². The Morgan fingerprint density at radius 2 is 2.07 bits per heavy atom. The lowest BCUT2D eigenvalue weighted by molar-refractivity contribution is 0.318. The van der Waals surface area contributed by atoms with Gasteiger partial charge in [0.2, 0.25) is 5.95 Å². The average Bonchev–Trinajstić information content (AvgIpc) is 3.30. The number of nitrogens with one attached hydrogen (secondary N) is 1. The van der Waals surface area contributed by atoms with Crippen LogP contribution in [0, 0.1) is 5.95 Å². The van der Waals surface area contributed by atoms with Gasteiger partial charge in [0.15, 0.2) is 5.65 Å². The normalized spacial score (nSPS) is 14.5. The third-order valence-corrected chi connectivity index (χ3v) is 4.86. The molecule has 8 heteroatoms. The van der Waals surface area contributed by atoms with E-state index < -0.39 is 5.95 Å². The van der Waals surface area contributed by atoms with Gasteiger partial charge in [0.25, 0.3) is 0 Å². The zero-order valence-electron chi connectivity index (χ0n) is 14.7. The van der Waals surface area contributed by atoms with E-state index >= 15 is 0 Å². The molecule has 0 unspecified atom stereocenters. The van der Waals surface area contributed by atoms with Gasteiger partial charge in [0.1, 0.15) is 11.5 Å². The SMILES string of the molecule is O/N=C1\CCc2cc(Nc3c(-c4ccc(F)nc4)nc4cnccn34)ccc21. The van der Waals surface area contributed by atoms with Crippen LogP contribution in [0.1, 0.15) is 17.5 Å². The molecule has 0 amide bonds. The predicted molar refractivity (Wildman–Crippen MR) is 103 cm³/mol. The minimum atomic E-state index is -0.538. The summed E-state index contributed by atoms with van der Waals surface area (Å²) >= 11 is 0. The Kier molecular flexibility index (Phi) is 3.75. The predicted octanol–water partition coefficient (Wildman–Crippen LogP) is 3.80. The van der Waals surface area contributed by atoms with E-state index in [0.717, 1.165) is 35.5 Å². The Bertz CT molecular complexity index is 1220. The highest BCUT2D eigenvalue weighted by molar-refractivity contribution is 6.04. The average molecular weight is 374 g/mol. The molecule has 4 aromatic rings. The Morgan fingerprint density at radius 1 is 1.14 bits per heavy atom. The Morgan fingerprint density at radius 3 is 2.89 bits per heavy atom. The van der Waals surface area contributed by atoms with Crippen LogP contribution in [0.2, 0.25) is 0 Å². The number of fused-ring (bicyclic) bond motifs is 2. The zero-order valence-corrected chi connectivity index (χ0v) is 14.7. The molecule has 0 radical (unpaired) electrons. The second-order valence-corrected chi connectivity index (χ2v) is 6.53. The third kappa shape index (κ3) is 2.66. The number of pyridine rings is 1. The fourth-order valence-electron chi connectivity index (χ4n) is 3.53. The van der Waals surface area contributed by atoms with Crippen molar-refractivity contribution in [1.82, 2.24) is 19.4 Å². The quantitative estimate of drug-likeness (QED) is 0.324. The molecule has 3 heterocycles. The number of hydrogen-bond donors (Lipinski definition) is 2. The second-order valence-electron chi connectivity index (χ2n) is 6.53. The summed E-state index contributed by atoms with van der Waals surface area (Å²) in [6, 6.07) is 8.88. The van der Waals surface area contributed by atoms with Crippen molar-refractivity contribution in [1.29, 1.82) is 0 Å². The van der Waals surface area contributed by atoms with Crippen molar-refractivity contribution in [3.63, 3.8) is 0 Å². The number of benzene rings is 1. The molecule has 7 nitrogen and oxygen atoms in total. The van der Waals surface area contributed by atoms with Crippen LogP contribution in [0.4, 0.5) is 15.9 Å². The topological polar surface area (TPSA) is 87.7 Å². The number of nitrogens with zero attached hydrogens (tertiary/aromatic N) is 5. The summed E-state index contributed by atoms with van der Waals surface area (Å²) in [5.74, 6) is 0.198. The summed E-state index contributed by atoms with van der Waals surface area (Å²) in [4.78, 5) is 12.5. The van der Waals surface area contributed by atoms with E-state index in [2.05, 4.69) is 25.4 Å². The number of oxime groups is 1. The van der Waals surface area contributed by atoms with E-state index in [0.29, 0.717) is 22.6 Å². The number of aromatic nitrogens is 4. The van der Waals surface area contributed by atoms with Gasteiger partial charge in [-0.3, -0.25) is 9.38 Å². The molecule has 1 aromatic carbocycles. The van der Waals surface area contributed by atoms with Gasteiger partial charge in [-0.05, 0) is 42.7 Å². The fraction of sp³-hybridized carbons (Fsp3) is 0.100. The molecule has 0 fully saturated rings. The van der Waals surface area contributed by atoms with Crippen molar-refractivity contribution in [3.8, 4) is 11.3 Å². The van der Waals surface area contributed by atoms with Crippen molar-refractivity contribution in [2.24, 2.45) is 5.16 Å². The Balaban J connectivity index is 1.61. The monoisotopic (exact) mass is 374 g/mol. The molecule has 0 saturated heterocycles. The van der Waals surface area contributed by atoms with E-state index in [4.69, 9.17) is 5.21 Å². The van der Waals surface area contributed by atoms with Crippen LogP contribution in [-0.4, -0.2) is 30.3 Å². The molecule has 28 heavy (non-hydrogen) atoms. The van der Waals surface area contributed by atoms with Gasteiger partial charge in [-0.25, -0.2) is 9.97 Å². The van der Waals surface area contributed by atoms with Gasteiger partial charge >= 0.3 is 0 Å². The highest BCUT2D eigenvalue weighted by Crippen LogP contribution is 2.32. The summed E-state index contributed by atoms with van der Waals surface area (Å²) in [5.41, 5.74) is 5.70. The number of anilines is 2. The summed E-state index contributed by atoms with van der Waals surface area (Å²) < 4.78 is 15.1. The van der Waals surface area contributed by atoms with E-state index in [-0.39, 0.29) is 0 Å². The number of rotatable bonds is 3. The van der Waals surface area contributed by atoms with E-state index in [9.17, 15) is 4.39 Å². The molecular weight excluding hydrogens is 359 g/mol. The molecular formula is C20H15FN6O. The van der Waals surface area contributed by atoms with Gasteiger partial charge in [-0.15, -0.1) is 0 Å². The molecule has 0 aliphatic heterocycles. The van der Waals surface area contributed by atoms with Crippen molar-refractivity contribution in [3.05, 3.63) is 72.2 Å². The lowest BCUT2D eigenvalue weighted by atomic mass is 10.1. The fourth-order valence-corrected chi connectivity index (χ4v) is 3.53. The second kappa shape index (κ2) is 6.41. The molecule has 0 bridgehead atoms. The lowest BCUT2D eigenvalue weighted by Crippen LogP contribution is -1.99. The van der Waals surface area contributed by atoms with E-state index in [1.807, 2.05) is 28.8 Å². The standard InChI is InChI=1S/C20H15FN6O/c21-17-6-2-13(10-23-17)19-20(27-8-7-22-11-18(27)25-19)24-14-3-4-15-12(9-14)1-5-16(15)26-28/h2-4,6-11,24,28H,1,5H2/b26-16+. The smallest absolute Gasteiger partial charge is 0.212 e. The first kappa shape index (κ1) is 16.4. The molecule has 1 aliphatic carbocycles. The van der Waals surface area contributed by atoms with Crippen LogP contribution in [0.3, 0.4) is 0 Å². The molecule has 5 rings (SSSR count). The van der Waals surface area contributed by atoms with Crippen LogP contribution < -0.4 is 5.32 Å².